The number of aliphatic hydroxyl groups excluding tert-OH is 1. The van der Waals surface area contributed by atoms with E-state index in [-0.39, 0.29) is 17.4 Å². The third-order valence-electron chi connectivity index (χ3n) is 2.61. The standard InChI is InChI=1S/C9H14BrClO/c1-6-4-9(2,5-12)8(10)3-7(6)11/h7-8,12H,1,3-5H2,2H3/t7-,8+,9-/m1/s1. The second-order valence-corrected chi connectivity index (χ2v) is 5.45. The molecule has 1 aliphatic carbocycles. The van der Waals surface area contributed by atoms with Crippen molar-refractivity contribution in [2.45, 2.75) is 30.0 Å². The van der Waals surface area contributed by atoms with Crippen LogP contribution in [-0.4, -0.2) is 21.9 Å². The minimum Gasteiger partial charge on any atom is -0.396 e. The number of allylic oxidation sites excluding steroid dienone is 1. The first-order valence-electron chi connectivity index (χ1n) is 4.06. The summed E-state index contributed by atoms with van der Waals surface area (Å²) in [6, 6.07) is 0. The summed E-state index contributed by atoms with van der Waals surface area (Å²) in [6.07, 6.45) is 1.67. The van der Waals surface area contributed by atoms with Crippen molar-refractivity contribution in [3.05, 3.63) is 12.2 Å². The zero-order valence-corrected chi connectivity index (χ0v) is 9.53. The van der Waals surface area contributed by atoms with E-state index in [4.69, 9.17) is 11.6 Å². The smallest absolute Gasteiger partial charge is 0.0553 e. The Morgan fingerprint density at radius 1 is 1.83 bits per heavy atom. The maximum absolute atomic E-state index is 9.21. The molecule has 0 heterocycles. The van der Waals surface area contributed by atoms with Crippen LogP contribution in [0.2, 0.25) is 0 Å². The Labute approximate surface area is 86.9 Å². The van der Waals surface area contributed by atoms with Crippen LogP contribution in [0.15, 0.2) is 12.2 Å². The normalized spacial score (nSPS) is 43.2. The molecule has 70 valence electrons. The largest absolute Gasteiger partial charge is 0.396 e. The van der Waals surface area contributed by atoms with E-state index >= 15 is 0 Å². The molecule has 3 heteroatoms. The molecule has 0 aromatic rings. The summed E-state index contributed by atoms with van der Waals surface area (Å²) in [5.74, 6) is 0. The Morgan fingerprint density at radius 3 is 2.92 bits per heavy atom. The Bertz CT molecular complexity index is 195. The first-order valence-corrected chi connectivity index (χ1v) is 5.41. The van der Waals surface area contributed by atoms with Gasteiger partial charge in [0.25, 0.3) is 0 Å². The predicted molar refractivity (Wildman–Crippen MR) is 55.9 cm³/mol. The van der Waals surface area contributed by atoms with E-state index in [0.717, 1.165) is 18.4 Å². The van der Waals surface area contributed by atoms with Crippen LogP contribution in [0.5, 0.6) is 0 Å². The number of alkyl halides is 2. The fourth-order valence-electron chi connectivity index (χ4n) is 1.53. The monoisotopic (exact) mass is 252 g/mol. The van der Waals surface area contributed by atoms with Gasteiger partial charge in [0, 0.05) is 16.8 Å². The molecule has 1 nitrogen and oxygen atoms in total. The van der Waals surface area contributed by atoms with Crippen LogP contribution in [-0.2, 0) is 0 Å². The summed E-state index contributed by atoms with van der Waals surface area (Å²) in [4.78, 5) is 0.294. The summed E-state index contributed by atoms with van der Waals surface area (Å²) < 4.78 is 0. The topological polar surface area (TPSA) is 20.2 Å². The molecule has 0 bridgehead atoms. The summed E-state index contributed by atoms with van der Waals surface area (Å²) in [5.41, 5.74) is 0.964. The van der Waals surface area contributed by atoms with E-state index in [1.165, 1.54) is 0 Å². The van der Waals surface area contributed by atoms with Crippen LogP contribution in [0.4, 0.5) is 0 Å². The molecule has 0 unspecified atom stereocenters. The molecular formula is C9H14BrClO. The first kappa shape index (κ1) is 10.6. The highest BCUT2D eigenvalue weighted by atomic mass is 79.9. The highest BCUT2D eigenvalue weighted by molar-refractivity contribution is 9.09. The number of rotatable bonds is 1. The van der Waals surface area contributed by atoms with Gasteiger partial charge in [0.05, 0.1) is 5.38 Å². The molecule has 0 aromatic carbocycles. The molecule has 0 amide bonds. The van der Waals surface area contributed by atoms with Gasteiger partial charge in [0.2, 0.25) is 0 Å². The lowest BCUT2D eigenvalue weighted by Crippen LogP contribution is -2.39. The van der Waals surface area contributed by atoms with Crippen molar-refractivity contribution in [3.8, 4) is 0 Å². The van der Waals surface area contributed by atoms with Gasteiger partial charge in [-0.3, -0.25) is 0 Å². The molecule has 0 aliphatic heterocycles. The van der Waals surface area contributed by atoms with Crippen LogP contribution in [0.3, 0.4) is 0 Å². The second-order valence-electron chi connectivity index (χ2n) is 3.82. The number of halogens is 2. The van der Waals surface area contributed by atoms with Gasteiger partial charge in [-0.25, -0.2) is 0 Å². The predicted octanol–water partition coefficient (Wildman–Crippen LogP) is 2.71. The van der Waals surface area contributed by atoms with E-state index in [1.807, 2.05) is 0 Å². The fourth-order valence-corrected chi connectivity index (χ4v) is 2.68. The number of hydrogen-bond donors (Lipinski definition) is 1. The van der Waals surface area contributed by atoms with Crippen LogP contribution in [0.1, 0.15) is 19.8 Å². The molecule has 0 aromatic heterocycles. The van der Waals surface area contributed by atoms with Crippen LogP contribution < -0.4 is 0 Å². The van der Waals surface area contributed by atoms with Crippen molar-refractivity contribution < 1.29 is 5.11 Å². The van der Waals surface area contributed by atoms with Crippen molar-refractivity contribution in [2.24, 2.45) is 5.41 Å². The van der Waals surface area contributed by atoms with Gasteiger partial charge in [0.1, 0.15) is 0 Å². The molecule has 1 N–H and O–H groups in total. The fraction of sp³-hybridized carbons (Fsp3) is 0.778. The zero-order chi connectivity index (χ0) is 9.35. The summed E-state index contributed by atoms with van der Waals surface area (Å²) in [6.45, 7) is 6.15. The van der Waals surface area contributed by atoms with Gasteiger partial charge in [-0.15, -0.1) is 11.6 Å². The Kier molecular flexibility index (Phi) is 3.24. The third kappa shape index (κ3) is 1.86. The minimum absolute atomic E-state index is 0.0639. The summed E-state index contributed by atoms with van der Waals surface area (Å²) in [7, 11) is 0. The lowest BCUT2D eigenvalue weighted by Gasteiger charge is -2.40. The molecule has 0 saturated heterocycles. The van der Waals surface area contributed by atoms with Crippen LogP contribution >= 0.6 is 27.5 Å². The van der Waals surface area contributed by atoms with Crippen molar-refractivity contribution in [1.82, 2.24) is 0 Å². The zero-order valence-electron chi connectivity index (χ0n) is 7.19. The van der Waals surface area contributed by atoms with Crippen molar-refractivity contribution in [2.75, 3.05) is 6.61 Å². The van der Waals surface area contributed by atoms with Gasteiger partial charge in [-0.1, -0.05) is 35.0 Å². The van der Waals surface area contributed by atoms with Crippen LogP contribution in [0, 0.1) is 5.41 Å². The van der Waals surface area contributed by atoms with Crippen molar-refractivity contribution in [1.29, 1.82) is 0 Å². The Morgan fingerprint density at radius 2 is 2.42 bits per heavy atom. The molecule has 1 aliphatic rings. The van der Waals surface area contributed by atoms with Crippen molar-refractivity contribution in [3.63, 3.8) is 0 Å². The highest BCUT2D eigenvalue weighted by Crippen LogP contribution is 2.43. The Hall–Kier alpha value is 0.470. The first-order chi connectivity index (χ1) is 5.49. The molecule has 0 radical (unpaired) electrons. The third-order valence-corrected chi connectivity index (χ3v) is 4.57. The second kappa shape index (κ2) is 3.69. The van der Waals surface area contributed by atoms with E-state index in [1.54, 1.807) is 0 Å². The molecule has 0 spiro atoms. The van der Waals surface area contributed by atoms with Gasteiger partial charge >= 0.3 is 0 Å². The average Bonchev–Trinajstić information content (AvgIpc) is 2.01. The quantitative estimate of drug-likeness (QED) is 0.563. The molecule has 1 rings (SSSR count). The molecular weight excluding hydrogens is 239 g/mol. The maximum Gasteiger partial charge on any atom is 0.0553 e. The molecule has 12 heavy (non-hydrogen) atoms. The lowest BCUT2D eigenvalue weighted by molar-refractivity contribution is 0.128. The number of aliphatic hydroxyl groups is 1. The molecule has 1 saturated carbocycles. The Balaban J connectivity index is 2.74. The van der Waals surface area contributed by atoms with Gasteiger partial charge in [0.15, 0.2) is 0 Å². The minimum atomic E-state index is -0.0809. The summed E-state index contributed by atoms with van der Waals surface area (Å²) in [5, 5.41) is 9.27. The van der Waals surface area contributed by atoms with Crippen LogP contribution in [0.25, 0.3) is 0 Å². The van der Waals surface area contributed by atoms with E-state index < -0.39 is 0 Å². The van der Waals surface area contributed by atoms with Gasteiger partial charge in [-0.05, 0) is 12.8 Å². The summed E-state index contributed by atoms with van der Waals surface area (Å²) >= 11 is 9.59. The van der Waals surface area contributed by atoms with Gasteiger partial charge in [-0.2, -0.15) is 0 Å². The van der Waals surface area contributed by atoms with E-state index in [9.17, 15) is 5.11 Å². The van der Waals surface area contributed by atoms with Crippen molar-refractivity contribution >= 4 is 27.5 Å². The number of hydrogen-bond acceptors (Lipinski definition) is 1. The highest BCUT2D eigenvalue weighted by Gasteiger charge is 2.39. The van der Waals surface area contributed by atoms with Gasteiger partial charge < -0.3 is 5.11 Å². The molecule has 1 fully saturated rings. The maximum atomic E-state index is 9.21. The average molecular weight is 254 g/mol. The van der Waals surface area contributed by atoms with E-state index in [0.29, 0.717) is 4.83 Å². The lowest BCUT2D eigenvalue weighted by atomic mass is 9.74. The molecule has 3 atom stereocenters. The SMILES string of the molecule is C=C1C[C@](C)(CO)[C@@H](Br)C[C@H]1Cl. The van der Waals surface area contributed by atoms with E-state index in [2.05, 4.69) is 29.4 Å².